The van der Waals surface area contributed by atoms with Crippen LogP contribution in [0.2, 0.25) is 0 Å². The molecule has 0 aliphatic heterocycles. The van der Waals surface area contributed by atoms with E-state index < -0.39 is 11.7 Å². The van der Waals surface area contributed by atoms with E-state index in [-0.39, 0.29) is 24.0 Å². The Labute approximate surface area is 110 Å². The first-order valence-corrected chi connectivity index (χ1v) is 5.73. The zero-order valence-electron chi connectivity index (χ0n) is 10.8. The standard InChI is InChI=1S/C13H16FNO4/c1-9(7-18-2)15-12(17)8-19-13-10(6-16)4-3-5-11(13)14/h3-6,9H,7-8H2,1-2H3,(H,15,17). The molecule has 1 N–H and O–H groups in total. The number of benzene rings is 1. The first kappa shape index (κ1) is 15.1. The van der Waals surface area contributed by atoms with E-state index in [1.54, 1.807) is 6.92 Å². The number of amides is 1. The molecule has 0 radical (unpaired) electrons. The first-order chi connectivity index (χ1) is 9.08. The van der Waals surface area contributed by atoms with Crippen LogP contribution in [-0.4, -0.2) is 38.6 Å². The molecule has 6 heteroatoms. The zero-order valence-corrected chi connectivity index (χ0v) is 10.8. The van der Waals surface area contributed by atoms with Crippen molar-refractivity contribution >= 4 is 12.2 Å². The van der Waals surface area contributed by atoms with Crippen molar-refractivity contribution < 1.29 is 23.5 Å². The number of nitrogens with one attached hydrogen (secondary N) is 1. The van der Waals surface area contributed by atoms with Crippen molar-refractivity contribution in [3.05, 3.63) is 29.6 Å². The first-order valence-electron chi connectivity index (χ1n) is 5.73. The van der Waals surface area contributed by atoms with Gasteiger partial charge in [-0.2, -0.15) is 0 Å². The molecule has 1 atom stereocenters. The summed E-state index contributed by atoms with van der Waals surface area (Å²) in [5.74, 6) is -1.31. The van der Waals surface area contributed by atoms with Gasteiger partial charge in [-0.05, 0) is 19.1 Å². The van der Waals surface area contributed by atoms with Crippen LogP contribution in [0.25, 0.3) is 0 Å². The predicted octanol–water partition coefficient (Wildman–Crippen LogP) is 1.17. The predicted molar refractivity (Wildman–Crippen MR) is 66.8 cm³/mol. The SMILES string of the molecule is COCC(C)NC(=O)COc1c(F)cccc1C=O. The van der Waals surface area contributed by atoms with Gasteiger partial charge in [-0.15, -0.1) is 0 Å². The highest BCUT2D eigenvalue weighted by Gasteiger charge is 2.12. The van der Waals surface area contributed by atoms with Gasteiger partial charge < -0.3 is 14.8 Å². The van der Waals surface area contributed by atoms with Crippen molar-refractivity contribution in [2.24, 2.45) is 0 Å². The monoisotopic (exact) mass is 269 g/mol. The van der Waals surface area contributed by atoms with Crippen molar-refractivity contribution in [1.82, 2.24) is 5.32 Å². The highest BCUT2D eigenvalue weighted by Crippen LogP contribution is 2.20. The molecule has 5 nitrogen and oxygen atoms in total. The molecule has 1 aromatic rings. The van der Waals surface area contributed by atoms with Gasteiger partial charge in [0.1, 0.15) is 0 Å². The molecule has 1 amide bonds. The lowest BCUT2D eigenvalue weighted by Gasteiger charge is -2.14. The van der Waals surface area contributed by atoms with E-state index in [0.29, 0.717) is 12.9 Å². The summed E-state index contributed by atoms with van der Waals surface area (Å²) in [5.41, 5.74) is 0.0674. The molecule has 1 rings (SSSR count). The fourth-order valence-electron chi connectivity index (χ4n) is 1.52. The fourth-order valence-corrected chi connectivity index (χ4v) is 1.52. The maximum Gasteiger partial charge on any atom is 0.258 e. The molecule has 104 valence electrons. The Morgan fingerprint density at radius 3 is 2.89 bits per heavy atom. The van der Waals surface area contributed by atoms with Crippen LogP contribution in [0, 0.1) is 5.82 Å². The molecule has 0 aliphatic carbocycles. The second kappa shape index (κ2) is 7.48. The van der Waals surface area contributed by atoms with Gasteiger partial charge in [0, 0.05) is 13.2 Å². The van der Waals surface area contributed by atoms with Crippen LogP contribution in [0.1, 0.15) is 17.3 Å². The van der Waals surface area contributed by atoms with E-state index in [9.17, 15) is 14.0 Å². The molecular weight excluding hydrogens is 253 g/mol. The van der Waals surface area contributed by atoms with Crippen molar-refractivity contribution in [3.8, 4) is 5.75 Å². The molecule has 0 heterocycles. The third-order valence-electron chi connectivity index (χ3n) is 2.30. The average Bonchev–Trinajstić information content (AvgIpc) is 2.37. The Hall–Kier alpha value is -1.95. The minimum atomic E-state index is -0.678. The molecule has 0 fully saturated rings. The van der Waals surface area contributed by atoms with Gasteiger partial charge >= 0.3 is 0 Å². The molecule has 1 unspecified atom stereocenters. The summed E-state index contributed by atoms with van der Waals surface area (Å²) in [6.45, 7) is 1.77. The molecule has 0 aliphatic rings. The quantitative estimate of drug-likeness (QED) is 0.755. The molecule has 0 aromatic heterocycles. The van der Waals surface area contributed by atoms with E-state index in [4.69, 9.17) is 9.47 Å². The van der Waals surface area contributed by atoms with Gasteiger partial charge in [-0.25, -0.2) is 4.39 Å². The molecule has 19 heavy (non-hydrogen) atoms. The Kier molecular flexibility index (Phi) is 5.95. The lowest BCUT2D eigenvalue weighted by Crippen LogP contribution is -2.38. The lowest BCUT2D eigenvalue weighted by molar-refractivity contribution is -0.124. The molecule has 0 bridgehead atoms. The van der Waals surface area contributed by atoms with E-state index in [1.807, 2.05) is 0 Å². The van der Waals surface area contributed by atoms with Crippen LogP contribution >= 0.6 is 0 Å². The summed E-state index contributed by atoms with van der Waals surface area (Å²) in [5, 5.41) is 2.61. The maximum absolute atomic E-state index is 13.4. The Morgan fingerprint density at radius 2 is 2.26 bits per heavy atom. The van der Waals surface area contributed by atoms with Crippen molar-refractivity contribution in [2.75, 3.05) is 20.3 Å². The van der Waals surface area contributed by atoms with Crippen LogP contribution in [0.4, 0.5) is 4.39 Å². The van der Waals surface area contributed by atoms with Crippen molar-refractivity contribution in [3.63, 3.8) is 0 Å². The third kappa shape index (κ3) is 4.67. The molecule has 1 aromatic carbocycles. The van der Waals surface area contributed by atoms with Gasteiger partial charge in [0.15, 0.2) is 24.5 Å². The lowest BCUT2D eigenvalue weighted by atomic mass is 10.2. The van der Waals surface area contributed by atoms with Gasteiger partial charge in [-0.1, -0.05) is 6.07 Å². The second-order valence-electron chi connectivity index (χ2n) is 3.99. The van der Waals surface area contributed by atoms with Gasteiger partial charge in [-0.3, -0.25) is 9.59 Å². The van der Waals surface area contributed by atoms with Crippen LogP contribution in [0.5, 0.6) is 5.75 Å². The highest BCUT2D eigenvalue weighted by molar-refractivity contribution is 5.81. The van der Waals surface area contributed by atoms with Crippen molar-refractivity contribution in [2.45, 2.75) is 13.0 Å². The second-order valence-corrected chi connectivity index (χ2v) is 3.99. The molecular formula is C13H16FNO4. The molecule has 0 saturated carbocycles. The maximum atomic E-state index is 13.4. The van der Waals surface area contributed by atoms with Crippen LogP contribution < -0.4 is 10.1 Å². The largest absolute Gasteiger partial charge is 0.480 e. The summed E-state index contributed by atoms with van der Waals surface area (Å²) in [7, 11) is 1.52. The van der Waals surface area contributed by atoms with Gasteiger partial charge in [0.05, 0.1) is 12.2 Å². The summed E-state index contributed by atoms with van der Waals surface area (Å²) in [6, 6.07) is 3.80. The number of hydrogen-bond acceptors (Lipinski definition) is 4. The molecule has 0 saturated heterocycles. The Balaban J connectivity index is 2.57. The number of para-hydroxylation sites is 1. The van der Waals surface area contributed by atoms with Crippen LogP contribution in [0.3, 0.4) is 0 Å². The number of methoxy groups -OCH3 is 1. The van der Waals surface area contributed by atoms with Crippen LogP contribution in [0.15, 0.2) is 18.2 Å². The number of halogens is 1. The minimum absolute atomic E-state index is 0.0674. The van der Waals surface area contributed by atoms with E-state index in [1.165, 1.54) is 19.2 Å². The number of rotatable bonds is 7. The topological polar surface area (TPSA) is 64.6 Å². The number of carbonyl (C=O) groups excluding carboxylic acids is 2. The Morgan fingerprint density at radius 1 is 1.53 bits per heavy atom. The fraction of sp³-hybridized carbons (Fsp3) is 0.385. The number of ether oxygens (including phenoxy) is 2. The average molecular weight is 269 g/mol. The number of aldehydes is 1. The highest BCUT2D eigenvalue weighted by atomic mass is 19.1. The summed E-state index contributed by atoms with van der Waals surface area (Å²) >= 11 is 0. The smallest absolute Gasteiger partial charge is 0.258 e. The molecule has 0 spiro atoms. The summed E-state index contributed by atoms with van der Waals surface area (Å²) in [6.07, 6.45) is 0.476. The van der Waals surface area contributed by atoms with Crippen LogP contribution in [-0.2, 0) is 9.53 Å². The number of carbonyl (C=O) groups is 2. The van der Waals surface area contributed by atoms with E-state index >= 15 is 0 Å². The number of hydrogen-bond donors (Lipinski definition) is 1. The van der Waals surface area contributed by atoms with E-state index in [2.05, 4.69) is 5.32 Å². The van der Waals surface area contributed by atoms with Gasteiger partial charge in [0.25, 0.3) is 5.91 Å². The normalized spacial score (nSPS) is 11.7. The van der Waals surface area contributed by atoms with E-state index in [0.717, 1.165) is 6.07 Å². The van der Waals surface area contributed by atoms with Gasteiger partial charge in [0.2, 0.25) is 0 Å². The summed E-state index contributed by atoms with van der Waals surface area (Å²) in [4.78, 5) is 22.2. The summed E-state index contributed by atoms with van der Waals surface area (Å²) < 4.78 is 23.3. The minimum Gasteiger partial charge on any atom is -0.480 e. The Bertz CT molecular complexity index is 450. The zero-order chi connectivity index (χ0) is 14.3. The third-order valence-corrected chi connectivity index (χ3v) is 2.30. The van der Waals surface area contributed by atoms with Crippen molar-refractivity contribution in [1.29, 1.82) is 0 Å².